The zero-order valence-electron chi connectivity index (χ0n) is 15.7. The molecule has 0 fully saturated rings. The van der Waals surface area contributed by atoms with Crippen LogP contribution in [-0.2, 0) is 15.6 Å². The average molecular weight is 480 g/mol. The van der Waals surface area contributed by atoms with Gasteiger partial charge in [0.2, 0.25) is 9.05 Å². The van der Waals surface area contributed by atoms with E-state index in [0.29, 0.717) is 16.1 Å². The first-order valence-electron chi connectivity index (χ1n) is 9.00. The SMILES string of the molecule is O=c1cc(-c2ccccc2Cl)oc2c(-c3ccn(CCS(=O)(=O)Cl)c3)c(O)cc(O)c12. The van der Waals surface area contributed by atoms with E-state index in [1.165, 1.54) is 6.07 Å². The summed E-state index contributed by atoms with van der Waals surface area (Å²) in [6.07, 6.45) is 3.18. The highest BCUT2D eigenvalue weighted by Gasteiger charge is 2.21. The van der Waals surface area contributed by atoms with Crippen LogP contribution in [-0.4, -0.2) is 29.0 Å². The van der Waals surface area contributed by atoms with Crippen molar-refractivity contribution in [2.75, 3.05) is 5.75 Å². The van der Waals surface area contributed by atoms with Crippen molar-refractivity contribution in [3.63, 3.8) is 0 Å². The van der Waals surface area contributed by atoms with Crippen LogP contribution >= 0.6 is 22.3 Å². The van der Waals surface area contributed by atoms with Gasteiger partial charge in [0.1, 0.15) is 22.6 Å². The van der Waals surface area contributed by atoms with Crippen LogP contribution in [0.4, 0.5) is 0 Å². The lowest BCUT2D eigenvalue weighted by Gasteiger charge is -2.11. The van der Waals surface area contributed by atoms with Crippen molar-refractivity contribution < 1.29 is 23.0 Å². The normalized spacial score (nSPS) is 11.8. The van der Waals surface area contributed by atoms with Crippen molar-refractivity contribution in [3.8, 4) is 33.9 Å². The van der Waals surface area contributed by atoms with Crippen LogP contribution in [0.3, 0.4) is 0 Å². The Kier molecular flexibility index (Phi) is 5.47. The second kappa shape index (κ2) is 7.96. The van der Waals surface area contributed by atoms with E-state index in [0.717, 1.165) is 6.07 Å². The van der Waals surface area contributed by atoms with Crippen molar-refractivity contribution in [2.45, 2.75) is 6.54 Å². The summed E-state index contributed by atoms with van der Waals surface area (Å²) in [6, 6.07) is 10.7. The monoisotopic (exact) mass is 479 g/mol. The van der Waals surface area contributed by atoms with Crippen molar-refractivity contribution in [3.05, 3.63) is 70.1 Å². The third-order valence-corrected chi connectivity index (χ3v) is 6.19. The van der Waals surface area contributed by atoms with Crippen molar-refractivity contribution in [2.24, 2.45) is 0 Å². The Labute approximate surface area is 186 Å². The summed E-state index contributed by atoms with van der Waals surface area (Å²) >= 11 is 6.23. The predicted molar refractivity (Wildman–Crippen MR) is 119 cm³/mol. The molecule has 0 saturated heterocycles. The summed E-state index contributed by atoms with van der Waals surface area (Å²) in [4.78, 5) is 12.8. The highest BCUT2D eigenvalue weighted by Crippen LogP contribution is 2.41. The van der Waals surface area contributed by atoms with Crippen LogP contribution in [0.15, 0.2) is 64.1 Å². The van der Waals surface area contributed by atoms with Crippen LogP contribution in [0.1, 0.15) is 0 Å². The van der Waals surface area contributed by atoms with Crippen LogP contribution in [0, 0.1) is 0 Å². The topological polar surface area (TPSA) is 110 Å². The van der Waals surface area contributed by atoms with E-state index in [4.69, 9.17) is 26.7 Å². The fourth-order valence-corrected chi connectivity index (χ4v) is 4.18. The summed E-state index contributed by atoms with van der Waals surface area (Å²) in [5.41, 5.74) is 0.562. The molecule has 0 saturated carbocycles. The summed E-state index contributed by atoms with van der Waals surface area (Å²) < 4.78 is 29.9. The Balaban J connectivity index is 1.93. The smallest absolute Gasteiger partial charge is 0.234 e. The minimum atomic E-state index is -3.68. The average Bonchev–Trinajstić information content (AvgIpc) is 3.14. The maximum atomic E-state index is 12.8. The molecule has 4 aromatic rings. The summed E-state index contributed by atoms with van der Waals surface area (Å²) in [5.74, 6) is -0.853. The van der Waals surface area contributed by atoms with E-state index >= 15 is 0 Å². The lowest BCUT2D eigenvalue weighted by atomic mass is 10.0. The first-order valence-corrected chi connectivity index (χ1v) is 11.9. The molecule has 0 aliphatic rings. The van der Waals surface area contributed by atoms with Crippen LogP contribution in [0.5, 0.6) is 11.5 Å². The molecule has 4 rings (SSSR count). The molecule has 31 heavy (non-hydrogen) atoms. The van der Waals surface area contributed by atoms with Crippen molar-refractivity contribution in [1.82, 2.24) is 4.57 Å². The lowest BCUT2D eigenvalue weighted by Crippen LogP contribution is -2.06. The minimum absolute atomic E-state index is 0.0253. The Hall–Kier alpha value is -2.94. The number of aryl methyl sites for hydroxylation is 1. The Bertz CT molecular complexity index is 1470. The number of nitrogens with zero attached hydrogens (tertiary/aromatic N) is 1. The highest BCUT2D eigenvalue weighted by atomic mass is 35.7. The molecule has 0 atom stereocenters. The minimum Gasteiger partial charge on any atom is -0.507 e. The highest BCUT2D eigenvalue weighted by molar-refractivity contribution is 8.13. The van der Waals surface area contributed by atoms with Gasteiger partial charge in [0.15, 0.2) is 11.0 Å². The van der Waals surface area contributed by atoms with Gasteiger partial charge in [-0.15, -0.1) is 0 Å². The van der Waals surface area contributed by atoms with Gasteiger partial charge >= 0.3 is 0 Å². The number of halogens is 2. The molecular formula is C21H15Cl2NO6S. The number of aromatic hydroxyl groups is 2. The fourth-order valence-electron chi connectivity index (χ4n) is 3.32. The zero-order valence-corrected chi connectivity index (χ0v) is 18.1. The second-order valence-electron chi connectivity index (χ2n) is 6.83. The number of phenols is 2. The number of rotatable bonds is 5. The summed E-state index contributed by atoms with van der Waals surface area (Å²) in [5, 5.41) is 21.1. The number of fused-ring (bicyclic) bond motifs is 1. The Morgan fingerprint density at radius 1 is 1.06 bits per heavy atom. The molecule has 10 heteroatoms. The number of hydrogen-bond acceptors (Lipinski definition) is 6. The number of aromatic nitrogens is 1. The number of benzene rings is 2. The second-order valence-corrected chi connectivity index (χ2v) is 10.1. The zero-order chi connectivity index (χ0) is 22.3. The van der Waals surface area contributed by atoms with Crippen LogP contribution in [0.25, 0.3) is 33.4 Å². The third-order valence-electron chi connectivity index (χ3n) is 4.73. The first kappa shape index (κ1) is 21.3. The molecule has 2 N–H and O–H groups in total. The number of phenolic OH excluding ortho intramolecular Hbond substituents is 2. The fraction of sp³-hybridized carbons (Fsp3) is 0.0952. The van der Waals surface area contributed by atoms with Gasteiger partial charge in [-0.25, -0.2) is 8.42 Å². The third kappa shape index (κ3) is 4.27. The van der Waals surface area contributed by atoms with Crippen LogP contribution < -0.4 is 5.43 Å². The van der Waals surface area contributed by atoms with Gasteiger partial charge < -0.3 is 19.2 Å². The van der Waals surface area contributed by atoms with E-state index in [-0.39, 0.29) is 40.3 Å². The van der Waals surface area contributed by atoms with Crippen molar-refractivity contribution in [1.29, 1.82) is 0 Å². The lowest BCUT2D eigenvalue weighted by molar-refractivity contribution is 0.453. The maximum Gasteiger partial charge on any atom is 0.234 e. The Morgan fingerprint density at radius 2 is 1.81 bits per heavy atom. The van der Waals surface area contributed by atoms with E-state index in [9.17, 15) is 23.4 Å². The van der Waals surface area contributed by atoms with Gasteiger partial charge in [-0.1, -0.05) is 23.7 Å². The molecule has 160 valence electrons. The molecule has 7 nitrogen and oxygen atoms in total. The quantitative estimate of drug-likeness (QED) is 0.406. The molecule has 0 aliphatic heterocycles. The molecule has 0 unspecified atom stereocenters. The largest absolute Gasteiger partial charge is 0.507 e. The molecule has 2 heterocycles. The van der Waals surface area contributed by atoms with E-state index in [2.05, 4.69) is 0 Å². The molecule has 2 aromatic carbocycles. The molecule has 0 amide bonds. The molecule has 0 bridgehead atoms. The van der Waals surface area contributed by atoms with Crippen molar-refractivity contribution >= 4 is 42.3 Å². The van der Waals surface area contributed by atoms with E-state index in [1.807, 2.05) is 0 Å². The number of hydrogen-bond donors (Lipinski definition) is 2. The first-order chi connectivity index (χ1) is 14.6. The maximum absolute atomic E-state index is 12.8. The van der Waals surface area contributed by atoms with Crippen LogP contribution in [0.2, 0.25) is 5.02 Å². The predicted octanol–water partition coefficient (Wildman–Crippen LogP) is 4.56. The molecule has 2 aromatic heterocycles. The van der Waals surface area contributed by atoms with Gasteiger partial charge in [-0.3, -0.25) is 4.79 Å². The molecule has 0 radical (unpaired) electrons. The summed E-state index contributed by atoms with van der Waals surface area (Å²) in [7, 11) is 1.59. The summed E-state index contributed by atoms with van der Waals surface area (Å²) in [6.45, 7) is 0.0947. The van der Waals surface area contributed by atoms with Gasteiger partial charge in [0, 0.05) is 52.9 Å². The molecule has 0 aliphatic carbocycles. The van der Waals surface area contributed by atoms with Gasteiger partial charge in [-0.05, 0) is 18.2 Å². The Morgan fingerprint density at radius 3 is 2.52 bits per heavy atom. The van der Waals surface area contributed by atoms with E-state index in [1.54, 1.807) is 47.3 Å². The van der Waals surface area contributed by atoms with Gasteiger partial charge in [0.05, 0.1) is 16.3 Å². The van der Waals surface area contributed by atoms with Gasteiger partial charge in [0.25, 0.3) is 0 Å². The standard InChI is InChI=1S/C21H15Cl2NO6S/c22-14-4-2-1-3-13(14)18-10-17(27)20-16(26)9-15(25)19(21(20)30-18)12-5-6-24(11-12)7-8-31(23,28)29/h1-6,9-11,25-26H,7-8H2. The molecular weight excluding hydrogens is 465 g/mol. The van der Waals surface area contributed by atoms with Gasteiger partial charge in [-0.2, -0.15) is 0 Å². The van der Waals surface area contributed by atoms with E-state index < -0.39 is 20.2 Å². The molecule has 0 spiro atoms.